The summed E-state index contributed by atoms with van der Waals surface area (Å²) in [7, 11) is -1.08. The highest BCUT2D eigenvalue weighted by Crippen LogP contribution is 2.53. The van der Waals surface area contributed by atoms with Crippen molar-refractivity contribution in [2.45, 2.75) is 103 Å². The van der Waals surface area contributed by atoms with E-state index in [4.69, 9.17) is 4.74 Å². The van der Waals surface area contributed by atoms with Gasteiger partial charge in [0, 0.05) is 25.5 Å². The molecule has 0 fully saturated rings. The number of hydrogen-bond donors (Lipinski definition) is 1. The molecule has 0 radical (unpaired) electrons. The maximum absolute atomic E-state index is 10.9. The smallest absolute Gasteiger partial charge is 0.127 e. The Morgan fingerprint density at radius 1 is 1.18 bits per heavy atom. The van der Waals surface area contributed by atoms with Crippen molar-refractivity contribution in [2.24, 2.45) is 5.92 Å². The highest BCUT2D eigenvalue weighted by molar-refractivity contribution is 6.77. The fourth-order valence-corrected chi connectivity index (χ4v) is 7.97. The average molecular weight is 401 g/mol. The van der Waals surface area contributed by atoms with Crippen molar-refractivity contribution >= 4 is 8.07 Å². The van der Waals surface area contributed by atoms with Gasteiger partial charge in [-0.05, 0) is 57.7 Å². The molecule has 2 nitrogen and oxygen atoms in total. The SMILES string of the molecule is CCCC[Si](C)(C)CCCc1cc(O)c2c(c1)OC(C)(C)[C@@H]1CCC(C)=C[C@@H]21. The van der Waals surface area contributed by atoms with Crippen molar-refractivity contribution < 1.29 is 9.84 Å². The minimum atomic E-state index is -1.08. The van der Waals surface area contributed by atoms with Crippen LogP contribution in [0.25, 0.3) is 0 Å². The third-order valence-electron chi connectivity index (χ3n) is 7.05. The van der Waals surface area contributed by atoms with Gasteiger partial charge in [-0.15, -0.1) is 0 Å². The van der Waals surface area contributed by atoms with E-state index in [2.05, 4.69) is 52.9 Å². The molecule has 1 aliphatic heterocycles. The topological polar surface area (TPSA) is 29.5 Å². The molecule has 2 aliphatic rings. The van der Waals surface area contributed by atoms with Crippen molar-refractivity contribution in [2.75, 3.05) is 0 Å². The Bertz CT molecular complexity index is 732. The van der Waals surface area contributed by atoms with E-state index in [9.17, 15) is 5.11 Å². The van der Waals surface area contributed by atoms with Crippen LogP contribution in [-0.2, 0) is 6.42 Å². The third-order valence-corrected chi connectivity index (χ3v) is 10.5. The van der Waals surface area contributed by atoms with Crippen molar-refractivity contribution in [3.63, 3.8) is 0 Å². The van der Waals surface area contributed by atoms with E-state index in [1.807, 2.05) is 6.07 Å². The summed E-state index contributed by atoms with van der Waals surface area (Å²) in [6.45, 7) is 14.0. The van der Waals surface area contributed by atoms with E-state index in [-0.39, 0.29) is 11.5 Å². The molecule has 1 N–H and O–H groups in total. The summed E-state index contributed by atoms with van der Waals surface area (Å²) >= 11 is 0. The molecule has 3 rings (SSSR count). The predicted molar refractivity (Wildman–Crippen MR) is 122 cm³/mol. The molecule has 1 heterocycles. The van der Waals surface area contributed by atoms with Crippen molar-refractivity contribution in [3.05, 3.63) is 34.9 Å². The van der Waals surface area contributed by atoms with Gasteiger partial charge in [-0.3, -0.25) is 0 Å². The van der Waals surface area contributed by atoms with Crippen LogP contribution in [0, 0.1) is 5.92 Å². The van der Waals surface area contributed by atoms with E-state index in [1.54, 1.807) is 0 Å². The van der Waals surface area contributed by atoms with Crippen molar-refractivity contribution in [1.29, 1.82) is 0 Å². The number of aryl methyl sites for hydroxylation is 1. The maximum Gasteiger partial charge on any atom is 0.127 e. The molecule has 0 aromatic heterocycles. The van der Waals surface area contributed by atoms with E-state index in [0.717, 1.165) is 30.6 Å². The van der Waals surface area contributed by atoms with Gasteiger partial charge in [0.15, 0.2) is 0 Å². The molecular formula is C25H40O2Si. The third kappa shape index (κ3) is 4.67. The summed E-state index contributed by atoms with van der Waals surface area (Å²) < 4.78 is 6.47. The first-order valence-corrected chi connectivity index (χ1v) is 14.8. The van der Waals surface area contributed by atoms with E-state index < -0.39 is 8.07 Å². The Hall–Kier alpha value is -1.22. The zero-order valence-corrected chi connectivity index (χ0v) is 19.9. The molecule has 0 bridgehead atoms. The number of rotatable bonds is 7. The molecule has 2 atom stereocenters. The average Bonchev–Trinajstić information content (AvgIpc) is 2.58. The molecule has 28 heavy (non-hydrogen) atoms. The van der Waals surface area contributed by atoms with Crippen LogP contribution >= 0.6 is 0 Å². The number of phenolic OH excluding ortho intramolecular Hbond substituents is 1. The molecular weight excluding hydrogens is 360 g/mol. The predicted octanol–water partition coefficient (Wildman–Crippen LogP) is 7.44. The standard InChI is InChI=1S/C25H40O2Si/c1-7-8-13-28(5,6)14-9-10-19-16-22(26)24-20-15-18(2)11-12-21(20)25(3,4)27-23(24)17-19/h15-17,20-21,26H,7-14H2,1-6H3/t20-,21-/m1/s1. The van der Waals surface area contributed by atoms with Gasteiger partial charge >= 0.3 is 0 Å². The molecule has 0 saturated carbocycles. The van der Waals surface area contributed by atoms with Crippen LogP contribution in [0.4, 0.5) is 0 Å². The Morgan fingerprint density at radius 2 is 1.89 bits per heavy atom. The van der Waals surface area contributed by atoms with Gasteiger partial charge in [-0.25, -0.2) is 0 Å². The Balaban J connectivity index is 1.78. The number of hydrogen-bond acceptors (Lipinski definition) is 2. The molecule has 3 heteroatoms. The van der Waals surface area contributed by atoms with Gasteiger partial charge in [0.1, 0.15) is 17.1 Å². The van der Waals surface area contributed by atoms with Crippen molar-refractivity contribution in [1.82, 2.24) is 0 Å². The van der Waals surface area contributed by atoms with Crippen LogP contribution in [0.3, 0.4) is 0 Å². The zero-order chi connectivity index (χ0) is 20.5. The highest BCUT2D eigenvalue weighted by atomic mass is 28.3. The lowest BCUT2D eigenvalue weighted by atomic mass is 9.68. The molecule has 1 aromatic carbocycles. The number of phenols is 1. The normalized spacial score (nSPS) is 23.4. The molecule has 0 amide bonds. The van der Waals surface area contributed by atoms with Crippen LogP contribution < -0.4 is 4.74 Å². The number of unbranched alkanes of at least 4 members (excludes halogenated alkanes) is 1. The number of fused-ring (bicyclic) bond motifs is 3. The quantitative estimate of drug-likeness (QED) is 0.380. The van der Waals surface area contributed by atoms with Crippen LogP contribution in [0.1, 0.15) is 76.8 Å². The molecule has 1 aromatic rings. The fraction of sp³-hybridized carbons (Fsp3) is 0.680. The fourth-order valence-electron chi connectivity index (χ4n) is 5.27. The largest absolute Gasteiger partial charge is 0.507 e. The summed E-state index contributed by atoms with van der Waals surface area (Å²) in [6, 6.07) is 7.02. The molecule has 156 valence electrons. The van der Waals surface area contributed by atoms with Gasteiger partial charge in [0.05, 0.1) is 0 Å². The van der Waals surface area contributed by atoms with Crippen LogP contribution in [-0.4, -0.2) is 18.8 Å². The van der Waals surface area contributed by atoms with Gasteiger partial charge in [-0.1, -0.05) is 63.0 Å². The second-order valence-electron chi connectivity index (χ2n) is 10.5. The van der Waals surface area contributed by atoms with Crippen LogP contribution in [0.15, 0.2) is 23.8 Å². The number of ether oxygens (including phenoxy) is 1. The molecule has 0 spiro atoms. The lowest BCUT2D eigenvalue weighted by Gasteiger charge is -2.46. The summed E-state index contributed by atoms with van der Waals surface area (Å²) in [5.74, 6) is 2.06. The van der Waals surface area contributed by atoms with E-state index >= 15 is 0 Å². The Morgan fingerprint density at radius 3 is 2.61 bits per heavy atom. The molecule has 0 unspecified atom stereocenters. The van der Waals surface area contributed by atoms with Gasteiger partial charge < -0.3 is 9.84 Å². The summed E-state index contributed by atoms with van der Waals surface area (Å²) in [5, 5.41) is 10.9. The number of benzene rings is 1. The monoisotopic (exact) mass is 400 g/mol. The van der Waals surface area contributed by atoms with E-state index in [1.165, 1.54) is 42.5 Å². The molecule has 0 saturated heterocycles. The summed E-state index contributed by atoms with van der Waals surface area (Å²) in [6.07, 6.45) is 9.58. The number of aromatic hydroxyl groups is 1. The Kier molecular flexibility index (Phi) is 6.34. The van der Waals surface area contributed by atoms with Gasteiger partial charge in [0.25, 0.3) is 0 Å². The summed E-state index contributed by atoms with van der Waals surface area (Å²) in [4.78, 5) is 0. The van der Waals surface area contributed by atoms with Gasteiger partial charge in [0.2, 0.25) is 0 Å². The second-order valence-corrected chi connectivity index (χ2v) is 15.9. The maximum atomic E-state index is 10.9. The minimum Gasteiger partial charge on any atom is -0.507 e. The second kappa shape index (κ2) is 8.26. The summed E-state index contributed by atoms with van der Waals surface area (Å²) in [5.41, 5.74) is 3.49. The van der Waals surface area contributed by atoms with Crippen LogP contribution in [0.5, 0.6) is 11.5 Å². The molecule has 1 aliphatic carbocycles. The highest BCUT2D eigenvalue weighted by Gasteiger charge is 2.45. The first-order chi connectivity index (χ1) is 13.1. The number of allylic oxidation sites excluding steroid dienone is 2. The first kappa shape index (κ1) is 21.5. The van der Waals surface area contributed by atoms with Gasteiger partial charge in [-0.2, -0.15) is 0 Å². The lowest BCUT2D eigenvalue weighted by Crippen LogP contribution is -2.45. The zero-order valence-electron chi connectivity index (χ0n) is 18.9. The van der Waals surface area contributed by atoms with Crippen LogP contribution in [0.2, 0.25) is 25.2 Å². The van der Waals surface area contributed by atoms with E-state index in [0.29, 0.717) is 11.7 Å². The lowest BCUT2D eigenvalue weighted by molar-refractivity contribution is 0.0107. The Labute approximate surface area is 173 Å². The van der Waals surface area contributed by atoms with Crippen molar-refractivity contribution in [3.8, 4) is 11.5 Å². The minimum absolute atomic E-state index is 0.186. The first-order valence-electron chi connectivity index (χ1n) is 11.3.